The molecule has 3 aromatic rings. The predicted molar refractivity (Wildman–Crippen MR) is 75.7 cm³/mol. The number of rotatable bonds is 2. The topological polar surface area (TPSA) is 42.2 Å². The van der Waals surface area contributed by atoms with Crippen LogP contribution in [0.5, 0.6) is 0 Å². The van der Waals surface area contributed by atoms with Crippen LogP contribution in [0.15, 0.2) is 47.5 Å². The zero-order valence-electron chi connectivity index (χ0n) is 9.76. The van der Waals surface area contributed by atoms with Gasteiger partial charge in [-0.1, -0.05) is 0 Å². The molecule has 0 aliphatic heterocycles. The maximum Gasteiger partial charge on any atom is 0.147 e. The molecule has 3 heterocycles. The Bertz CT molecular complexity index is 691. The molecular weight excluding hydrogens is 292 g/mol. The monoisotopic (exact) mass is 302 g/mol. The molecule has 0 radical (unpaired) electrons. The average Bonchev–Trinajstić information content (AvgIpc) is 2.77. The van der Waals surface area contributed by atoms with E-state index in [9.17, 15) is 0 Å². The van der Waals surface area contributed by atoms with E-state index >= 15 is 0 Å². The lowest BCUT2D eigenvalue weighted by Crippen LogP contribution is -1.92. The van der Waals surface area contributed by atoms with E-state index in [4.69, 9.17) is 0 Å². The normalized spacial score (nSPS) is 10.8. The van der Waals surface area contributed by atoms with Crippen molar-refractivity contribution in [1.82, 2.24) is 14.4 Å². The van der Waals surface area contributed by atoms with Crippen molar-refractivity contribution in [2.75, 3.05) is 12.4 Å². The molecule has 3 aromatic heterocycles. The third-order valence-corrected chi connectivity index (χ3v) is 3.39. The Kier molecular flexibility index (Phi) is 2.76. The highest BCUT2D eigenvalue weighted by atomic mass is 79.9. The van der Waals surface area contributed by atoms with Crippen LogP contribution in [0.1, 0.15) is 0 Å². The second-order valence-electron chi connectivity index (χ2n) is 3.89. The van der Waals surface area contributed by atoms with Crippen LogP contribution in [0.2, 0.25) is 0 Å². The second kappa shape index (κ2) is 4.42. The first-order chi connectivity index (χ1) is 8.79. The van der Waals surface area contributed by atoms with Gasteiger partial charge in [-0.3, -0.25) is 9.38 Å². The third-order valence-electron chi connectivity index (χ3n) is 2.81. The first-order valence-electron chi connectivity index (χ1n) is 5.55. The number of aromatic nitrogens is 3. The summed E-state index contributed by atoms with van der Waals surface area (Å²) in [4.78, 5) is 8.68. The van der Waals surface area contributed by atoms with Crippen molar-refractivity contribution in [2.24, 2.45) is 0 Å². The third kappa shape index (κ3) is 1.76. The highest BCUT2D eigenvalue weighted by molar-refractivity contribution is 9.10. The van der Waals surface area contributed by atoms with Crippen LogP contribution >= 0.6 is 15.9 Å². The van der Waals surface area contributed by atoms with E-state index in [-0.39, 0.29) is 0 Å². The molecule has 0 amide bonds. The van der Waals surface area contributed by atoms with Gasteiger partial charge < -0.3 is 5.32 Å². The van der Waals surface area contributed by atoms with Gasteiger partial charge in [0.25, 0.3) is 0 Å². The van der Waals surface area contributed by atoms with Gasteiger partial charge in [0.15, 0.2) is 0 Å². The van der Waals surface area contributed by atoms with Crippen molar-refractivity contribution in [3.8, 4) is 11.4 Å². The van der Waals surface area contributed by atoms with E-state index in [1.807, 2.05) is 42.0 Å². The lowest BCUT2D eigenvalue weighted by molar-refractivity contribution is 1.15. The molecule has 0 saturated carbocycles. The van der Waals surface area contributed by atoms with Gasteiger partial charge in [0.05, 0.1) is 5.52 Å². The molecule has 0 saturated heterocycles. The summed E-state index contributed by atoms with van der Waals surface area (Å²) in [5, 5.41) is 3.12. The molecule has 1 N–H and O–H groups in total. The van der Waals surface area contributed by atoms with Gasteiger partial charge in [0.1, 0.15) is 10.4 Å². The molecule has 0 aliphatic carbocycles. The Morgan fingerprint density at radius 3 is 2.94 bits per heavy atom. The minimum Gasteiger partial charge on any atom is -0.388 e. The maximum absolute atomic E-state index is 4.55. The standard InChI is InChI=1S/C13H11BrN4/c1-15-10-4-6-18-11(7-10)12(14)17-13(18)9-3-2-5-16-8-9/h2-8,15H,1H3. The van der Waals surface area contributed by atoms with Gasteiger partial charge in [-0.15, -0.1) is 0 Å². The van der Waals surface area contributed by atoms with Crippen molar-refractivity contribution < 1.29 is 0 Å². The molecule has 5 heteroatoms. The molecule has 0 unspecified atom stereocenters. The zero-order valence-corrected chi connectivity index (χ0v) is 11.3. The fourth-order valence-corrected chi connectivity index (χ4v) is 2.38. The second-order valence-corrected chi connectivity index (χ2v) is 4.64. The molecular formula is C13H11BrN4. The predicted octanol–water partition coefficient (Wildman–Crippen LogP) is 3.20. The van der Waals surface area contributed by atoms with Crippen LogP contribution < -0.4 is 5.32 Å². The van der Waals surface area contributed by atoms with Gasteiger partial charge >= 0.3 is 0 Å². The minimum absolute atomic E-state index is 0.832. The van der Waals surface area contributed by atoms with E-state index in [1.54, 1.807) is 6.20 Å². The molecule has 0 atom stereocenters. The van der Waals surface area contributed by atoms with Crippen LogP contribution in [0.3, 0.4) is 0 Å². The van der Waals surface area contributed by atoms with Gasteiger partial charge in [-0.05, 0) is 40.2 Å². The zero-order chi connectivity index (χ0) is 12.5. The highest BCUT2D eigenvalue weighted by Crippen LogP contribution is 2.27. The molecule has 0 bridgehead atoms. The Morgan fingerprint density at radius 2 is 2.22 bits per heavy atom. The number of nitrogens with one attached hydrogen (secondary N) is 1. The fourth-order valence-electron chi connectivity index (χ4n) is 1.90. The highest BCUT2D eigenvalue weighted by Gasteiger charge is 2.11. The number of fused-ring (bicyclic) bond motifs is 1. The first kappa shape index (κ1) is 11.2. The summed E-state index contributed by atoms with van der Waals surface area (Å²) >= 11 is 3.50. The molecule has 18 heavy (non-hydrogen) atoms. The van der Waals surface area contributed by atoms with Gasteiger partial charge in [0, 0.05) is 36.9 Å². The number of imidazole rings is 1. The Balaban J connectivity index is 2.26. The van der Waals surface area contributed by atoms with Crippen LogP contribution in [-0.2, 0) is 0 Å². The largest absolute Gasteiger partial charge is 0.388 e. The van der Waals surface area contributed by atoms with E-state index in [2.05, 4.69) is 37.3 Å². The Morgan fingerprint density at radius 1 is 1.33 bits per heavy atom. The summed E-state index contributed by atoms with van der Waals surface area (Å²) in [5.74, 6) is 0.882. The van der Waals surface area contributed by atoms with Crippen molar-refractivity contribution in [3.05, 3.63) is 47.5 Å². The molecule has 0 spiro atoms. The number of hydrogen-bond donors (Lipinski definition) is 1. The van der Waals surface area contributed by atoms with Crippen molar-refractivity contribution in [1.29, 1.82) is 0 Å². The Hall–Kier alpha value is -1.88. The summed E-state index contributed by atoms with van der Waals surface area (Å²) in [7, 11) is 1.90. The minimum atomic E-state index is 0.832. The smallest absolute Gasteiger partial charge is 0.147 e. The fraction of sp³-hybridized carbons (Fsp3) is 0.0769. The molecule has 90 valence electrons. The molecule has 0 fully saturated rings. The van der Waals surface area contributed by atoms with E-state index in [1.165, 1.54) is 0 Å². The molecule has 0 aliphatic rings. The van der Waals surface area contributed by atoms with E-state index < -0.39 is 0 Å². The number of anilines is 1. The van der Waals surface area contributed by atoms with Crippen LogP contribution in [-0.4, -0.2) is 21.4 Å². The Labute approximate surface area is 113 Å². The molecule has 4 nitrogen and oxygen atoms in total. The number of pyridine rings is 2. The summed E-state index contributed by atoms with van der Waals surface area (Å²) in [6, 6.07) is 7.98. The van der Waals surface area contributed by atoms with Gasteiger partial charge in [-0.2, -0.15) is 0 Å². The van der Waals surface area contributed by atoms with Gasteiger partial charge in [-0.25, -0.2) is 4.98 Å². The number of halogens is 1. The first-order valence-corrected chi connectivity index (χ1v) is 6.34. The summed E-state index contributed by atoms with van der Waals surface area (Å²) in [6.07, 6.45) is 5.57. The van der Waals surface area contributed by atoms with Crippen LogP contribution in [0, 0.1) is 0 Å². The van der Waals surface area contributed by atoms with E-state index in [0.717, 1.165) is 27.2 Å². The number of nitrogens with zero attached hydrogens (tertiary/aromatic N) is 3. The van der Waals surface area contributed by atoms with Gasteiger partial charge in [0.2, 0.25) is 0 Å². The van der Waals surface area contributed by atoms with Crippen LogP contribution in [0.4, 0.5) is 5.69 Å². The van der Waals surface area contributed by atoms with E-state index in [0.29, 0.717) is 0 Å². The van der Waals surface area contributed by atoms with Crippen molar-refractivity contribution >= 4 is 27.1 Å². The molecule has 0 aromatic carbocycles. The average molecular weight is 303 g/mol. The summed E-state index contributed by atoms with van der Waals surface area (Å²) < 4.78 is 2.88. The SMILES string of the molecule is CNc1ccn2c(-c3cccnc3)nc(Br)c2c1. The quantitative estimate of drug-likeness (QED) is 0.790. The lowest BCUT2D eigenvalue weighted by Gasteiger charge is -2.03. The lowest BCUT2D eigenvalue weighted by atomic mass is 10.2. The van der Waals surface area contributed by atoms with Crippen molar-refractivity contribution in [2.45, 2.75) is 0 Å². The molecule has 3 rings (SSSR count). The maximum atomic E-state index is 4.55. The van der Waals surface area contributed by atoms with Crippen molar-refractivity contribution in [3.63, 3.8) is 0 Å². The summed E-state index contributed by atoms with van der Waals surface area (Å²) in [5.41, 5.74) is 3.08. The van der Waals surface area contributed by atoms with Crippen LogP contribution in [0.25, 0.3) is 16.9 Å². The number of hydrogen-bond acceptors (Lipinski definition) is 3. The summed E-state index contributed by atoms with van der Waals surface area (Å²) in [6.45, 7) is 0.